The Labute approximate surface area is 148 Å². The monoisotopic (exact) mass is 358 g/mol. The van der Waals surface area contributed by atoms with Crippen molar-refractivity contribution in [3.63, 3.8) is 0 Å². The molecule has 2 aromatic carbocycles. The molecule has 0 saturated carbocycles. The molecular weight excluding hydrogens is 343 g/mol. The second-order valence-electron chi connectivity index (χ2n) is 5.63. The summed E-state index contributed by atoms with van der Waals surface area (Å²) in [6, 6.07) is 11.7. The Morgan fingerprint density at radius 1 is 1.04 bits per heavy atom. The number of aryl methyl sites for hydroxylation is 1. The zero-order valence-electron chi connectivity index (χ0n) is 13.6. The molecule has 0 atom stereocenters. The lowest BCUT2D eigenvalue weighted by atomic mass is 10.1. The molecule has 0 aliphatic rings. The van der Waals surface area contributed by atoms with E-state index in [0.717, 1.165) is 16.6 Å². The van der Waals surface area contributed by atoms with Gasteiger partial charge in [0.2, 0.25) is 0 Å². The van der Waals surface area contributed by atoms with Gasteiger partial charge in [0.05, 0.1) is 6.54 Å². The van der Waals surface area contributed by atoms with Crippen molar-refractivity contribution in [3.05, 3.63) is 97.5 Å². The SMILES string of the molecule is CCc1cccc(-n2ccn(Cc3c(F)cccc3Cl)c(=O)c2=O)c1. The summed E-state index contributed by atoms with van der Waals surface area (Å²) in [5.41, 5.74) is 0.438. The number of hydrogen-bond donors (Lipinski definition) is 0. The van der Waals surface area contributed by atoms with Crippen LogP contribution in [0.3, 0.4) is 0 Å². The zero-order chi connectivity index (χ0) is 18.0. The molecule has 4 nitrogen and oxygen atoms in total. The van der Waals surface area contributed by atoms with Crippen LogP contribution in [-0.4, -0.2) is 9.13 Å². The number of halogens is 2. The average Bonchev–Trinajstić information content (AvgIpc) is 2.62. The molecule has 0 amide bonds. The van der Waals surface area contributed by atoms with Gasteiger partial charge < -0.3 is 4.57 Å². The molecule has 25 heavy (non-hydrogen) atoms. The molecule has 0 aliphatic carbocycles. The Hall–Kier alpha value is -2.66. The lowest BCUT2D eigenvalue weighted by molar-refractivity contribution is 0.593. The topological polar surface area (TPSA) is 44.0 Å². The summed E-state index contributed by atoms with van der Waals surface area (Å²) in [6.45, 7) is 1.91. The summed E-state index contributed by atoms with van der Waals surface area (Å²) in [7, 11) is 0. The lowest BCUT2D eigenvalue weighted by Crippen LogP contribution is -2.40. The number of nitrogens with zero attached hydrogens (tertiary/aromatic N) is 2. The van der Waals surface area contributed by atoms with Crippen LogP contribution >= 0.6 is 11.6 Å². The van der Waals surface area contributed by atoms with Gasteiger partial charge in [0.1, 0.15) is 5.82 Å². The third-order valence-corrected chi connectivity index (χ3v) is 4.40. The molecule has 3 rings (SSSR count). The van der Waals surface area contributed by atoms with Gasteiger partial charge in [0.25, 0.3) is 0 Å². The fourth-order valence-electron chi connectivity index (χ4n) is 2.62. The van der Waals surface area contributed by atoms with Crippen molar-refractivity contribution in [3.8, 4) is 5.69 Å². The van der Waals surface area contributed by atoms with Crippen LogP contribution in [0.2, 0.25) is 5.02 Å². The van der Waals surface area contributed by atoms with Crippen LogP contribution in [0.25, 0.3) is 5.69 Å². The minimum Gasteiger partial charge on any atom is -0.305 e. The van der Waals surface area contributed by atoms with Gasteiger partial charge in [-0.15, -0.1) is 0 Å². The molecule has 0 N–H and O–H groups in total. The maximum Gasteiger partial charge on any atom is 0.320 e. The number of aromatic nitrogens is 2. The van der Waals surface area contributed by atoms with E-state index in [-0.39, 0.29) is 17.1 Å². The highest BCUT2D eigenvalue weighted by molar-refractivity contribution is 6.31. The van der Waals surface area contributed by atoms with Crippen LogP contribution in [0.4, 0.5) is 4.39 Å². The summed E-state index contributed by atoms with van der Waals surface area (Å²) >= 11 is 5.99. The first-order chi connectivity index (χ1) is 12.0. The third-order valence-electron chi connectivity index (χ3n) is 4.05. The van der Waals surface area contributed by atoms with Gasteiger partial charge >= 0.3 is 11.1 Å². The van der Waals surface area contributed by atoms with E-state index >= 15 is 0 Å². The van der Waals surface area contributed by atoms with Crippen molar-refractivity contribution in [2.75, 3.05) is 0 Å². The van der Waals surface area contributed by atoms with E-state index < -0.39 is 16.9 Å². The zero-order valence-corrected chi connectivity index (χ0v) is 14.3. The van der Waals surface area contributed by atoms with Crippen molar-refractivity contribution in [2.45, 2.75) is 19.9 Å². The average molecular weight is 359 g/mol. The molecular formula is C19H16ClFN2O2. The second-order valence-corrected chi connectivity index (χ2v) is 6.04. The number of rotatable bonds is 4. The Morgan fingerprint density at radius 3 is 2.52 bits per heavy atom. The summed E-state index contributed by atoms with van der Waals surface area (Å²) in [4.78, 5) is 24.9. The van der Waals surface area contributed by atoms with Gasteiger partial charge in [-0.25, -0.2) is 4.39 Å². The molecule has 0 fully saturated rings. The fourth-order valence-corrected chi connectivity index (χ4v) is 2.84. The smallest absolute Gasteiger partial charge is 0.305 e. The normalized spacial score (nSPS) is 10.8. The molecule has 1 aromatic heterocycles. The third kappa shape index (κ3) is 3.42. The summed E-state index contributed by atoms with van der Waals surface area (Å²) < 4.78 is 16.4. The van der Waals surface area contributed by atoms with Crippen LogP contribution in [0, 0.1) is 5.82 Å². The van der Waals surface area contributed by atoms with Crippen LogP contribution in [0.5, 0.6) is 0 Å². The Morgan fingerprint density at radius 2 is 1.80 bits per heavy atom. The second kappa shape index (κ2) is 7.07. The first kappa shape index (κ1) is 17.2. The predicted molar refractivity (Wildman–Crippen MR) is 96.2 cm³/mol. The molecule has 0 bridgehead atoms. The molecule has 3 aromatic rings. The van der Waals surface area contributed by atoms with Crippen molar-refractivity contribution in [2.24, 2.45) is 0 Å². The first-order valence-corrected chi connectivity index (χ1v) is 8.23. The summed E-state index contributed by atoms with van der Waals surface area (Å²) in [5, 5.41) is 0.215. The Balaban J connectivity index is 2.04. The van der Waals surface area contributed by atoms with Crippen LogP contribution in [0.1, 0.15) is 18.1 Å². The molecule has 0 saturated heterocycles. The van der Waals surface area contributed by atoms with Gasteiger partial charge in [0.15, 0.2) is 0 Å². The Kier molecular flexibility index (Phi) is 4.86. The van der Waals surface area contributed by atoms with Crippen molar-refractivity contribution >= 4 is 11.6 Å². The van der Waals surface area contributed by atoms with Gasteiger partial charge in [-0.3, -0.25) is 14.2 Å². The fraction of sp³-hybridized carbons (Fsp3) is 0.158. The van der Waals surface area contributed by atoms with Crippen molar-refractivity contribution in [1.82, 2.24) is 9.13 Å². The largest absolute Gasteiger partial charge is 0.320 e. The maximum atomic E-state index is 13.9. The number of hydrogen-bond acceptors (Lipinski definition) is 2. The molecule has 1 heterocycles. The molecule has 128 valence electrons. The quantitative estimate of drug-likeness (QED) is 0.671. The molecule has 0 radical (unpaired) electrons. The van der Waals surface area contributed by atoms with E-state index in [1.165, 1.54) is 29.1 Å². The molecule has 6 heteroatoms. The van der Waals surface area contributed by atoms with Crippen molar-refractivity contribution in [1.29, 1.82) is 0 Å². The Bertz CT molecular complexity index is 1020. The minimum atomic E-state index is -0.733. The van der Waals surface area contributed by atoms with Gasteiger partial charge in [-0.2, -0.15) is 0 Å². The van der Waals surface area contributed by atoms with E-state index in [9.17, 15) is 14.0 Å². The number of benzene rings is 2. The maximum absolute atomic E-state index is 13.9. The highest BCUT2D eigenvalue weighted by atomic mass is 35.5. The predicted octanol–water partition coefficient (Wildman–Crippen LogP) is 3.40. The van der Waals surface area contributed by atoms with E-state index in [2.05, 4.69) is 0 Å². The van der Waals surface area contributed by atoms with Crippen molar-refractivity contribution < 1.29 is 4.39 Å². The first-order valence-electron chi connectivity index (χ1n) is 7.85. The van der Waals surface area contributed by atoms with E-state index in [1.54, 1.807) is 12.1 Å². The van der Waals surface area contributed by atoms with Crippen LogP contribution < -0.4 is 11.1 Å². The lowest BCUT2D eigenvalue weighted by Gasteiger charge is -2.11. The van der Waals surface area contributed by atoms with E-state index in [0.29, 0.717) is 5.69 Å². The van der Waals surface area contributed by atoms with E-state index in [1.807, 2.05) is 25.1 Å². The van der Waals surface area contributed by atoms with Gasteiger partial charge in [-0.05, 0) is 36.2 Å². The van der Waals surface area contributed by atoms with Crippen LogP contribution in [-0.2, 0) is 13.0 Å². The molecule has 0 aliphatic heterocycles. The van der Waals surface area contributed by atoms with E-state index in [4.69, 9.17) is 11.6 Å². The molecule has 0 unspecified atom stereocenters. The highest BCUT2D eigenvalue weighted by Crippen LogP contribution is 2.19. The van der Waals surface area contributed by atoms with Crippen LogP contribution in [0.15, 0.2) is 64.4 Å². The summed E-state index contributed by atoms with van der Waals surface area (Å²) in [6.07, 6.45) is 3.80. The minimum absolute atomic E-state index is 0.102. The van der Waals surface area contributed by atoms with Gasteiger partial charge in [0, 0.05) is 28.7 Å². The van der Waals surface area contributed by atoms with Gasteiger partial charge in [-0.1, -0.05) is 36.7 Å². The standard InChI is InChI=1S/C19H16ClFN2O2/c1-2-13-5-3-6-14(11-13)23-10-9-22(18(24)19(23)25)12-15-16(20)7-4-8-17(15)21/h3-11H,2,12H2,1H3. The summed E-state index contributed by atoms with van der Waals surface area (Å²) in [5.74, 6) is -0.515. The highest BCUT2D eigenvalue weighted by Gasteiger charge is 2.12. The molecule has 0 spiro atoms.